The molecular weight excluding hydrogens is 478 g/mol. The number of likely N-dealkylation sites (tertiary alicyclic amines) is 1. The third-order valence-electron chi connectivity index (χ3n) is 5.00. The molecule has 1 saturated heterocycles. The van der Waals surface area contributed by atoms with Gasteiger partial charge in [0.2, 0.25) is 0 Å². The molecule has 2 aromatic rings. The molecule has 1 aliphatic heterocycles. The first-order valence-electron chi connectivity index (χ1n) is 9.07. The maximum atomic E-state index is 14.4. The lowest BCUT2D eigenvalue weighted by molar-refractivity contribution is 0.0914. The Bertz CT molecular complexity index is 907. The van der Waals surface area contributed by atoms with Crippen LogP contribution in [0.4, 0.5) is 14.0 Å². The summed E-state index contributed by atoms with van der Waals surface area (Å²) in [4.78, 5) is 24.7. The molecule has 6 nitrogen and oxygen atoms in total. The van der Waals surface area contributed by atoms with Crippen LogP contribution in [0.2, 0.25) is 0 Å². The molecule has 0 spiro atoms. The van der Waals surface area contributed by atoms with Gasteiger partial charge < -0.3 is 20.1 Å². The summed E-state index contributed by atoms with van der Waals surface area (Å²) in [5.74, 6) is -0.322. The third kappa shape index (κ3) is 4.65. The van der Waals surface area contributed by atoms with Crippen molar-refractivity contribution in [3.63, 3.8) is 0 Å². The highest BCUT2D eigenvalue weighted by Gasteiger charge is 2.34. The average Bonchev–Trinajstić information content (AvgIpc) is 2.63. The van der Waals surface area contributed by atoms with Crippen molar-refractivity contribution < 1.29 is 23.8 Å². The topological polar surface area (TPSA) is 78.9 Å². The van der Waals surface area contributed by atoms with Gasteiger partial charge in [0.1, 0.15) is 5.82 Å². The van der Waals surface area contributed by atoms with E-state index in [0.717, 1.165) is 14.3 Å². The second kappa shape index (κ2) is 8.50. The van der Waals surface area contributed by atoms with E-state index in [1.165, 1.54) is 11.0 Å². The zero-order valence-corrected chi connectivity index (χ0v) is 17.7. The number of piperidine rings is 1. The van der Waals surface area contributed by atoms with E-state index < -0.39 is 17.7 Å². The number of carbonyl (C=O) groups excluding carboxylic acids is 1. The van der Waals surface area contributed by atoms with Gasteiger partial charge in [-0.15, -0.1) is 0 Å². The fourth-order valence-corrected chi connectivity index (χ4v) is 4.50. The molecule has 150 valence electrons. The minimum Gasteiger partial charge on any atom is -0.465 e. The Balaban J connectivity index is 1.61. The van der Waals surface area contributed by atoms with Gasteiger partial charge in [0.15, 0.2) is 0 Å². The van der Waals surface area contributed by atoms with Crippen LogP contribution in [0.3, 0.4) is 0 Å². The Kier molecular flexibility index (Phi) is 6.26. The lowest BCUT2D eigenvalue weighted by atomic mass is 9.91. The van der Waals surface area contributed by atoms with E-state index in [1.54, 1.807) is 13.0 Å². The van der Waals surface area contributed by atoms with E-state index >= 15 is 0 Å². The van der Waals surface area contributed by atoms with E-state index in [9.17, 15) is 14.0 Å². The van der Waals surface area contributed by atoms with Crippen molar-refractivity contribution in [2.45, 2.75) is 31.7 Å². The predicted octanol–water partition coefficient (Wildman–Crippen LogP) is 4.38. The van der Waals surface area contributed by atoms with Crippen LogP contribution in [0.25, 0.3) is 10.8 Å². The first-order chi connectivity index (χ1) is 13.3. The Morgan fingerprint density at radius 2 is 2.14 bits per heavy atom. The second-order valence-electron chi connectivity index (χ2n) is 7.24. The summed E-state index contributed by atoms with van der Waals surface area (Å²) in [6, 6.07) is 8.92. The van der Waals surface area contributed by atoms with Crippen LogP contribution >= 0.6 is 22.6 Å². The van der Waals surface area contributed by atoms with E-state index in [-0.39, 0.29) is 25.4 Å². The maximum absolute atomic E-state index is 14.4. The normalized spacial score (nSPS) is 19.5. The summed E-state index contributed by atoms with van der Waals surface area (Å²) in [5, 5.41) is 13.7. The fraction of sp³-hybridized carbons (Fsp3) is 0.400. The van der Waals surface area contributed by atoms with Crippen molar-refractivity contribution in [1.29, 1.82) is 0 Å². The second-order valence-corrected chi connectivity index (χ2v) is 8.41. The number of hydrogen-bond acceptors (Lipinski definition) is 3. The van der Waals surface area contributed by atoms with Crippen molar-refractivity contribution >= 4 is 45.5 Å². The van der Waals surface area contributed by atoms with Crippen molar-refractivity contribution in [1.82, 2.24) is 10.2 Å². The van der Waals surface area contributed by atoms with Gasteiger partial charge in [0.25, 0.3) is 0 Å². The number of benzene rings is 2. The Morgan fingerprint density at radius 3 is 2.89 bits per heavy atom. The van der Waals surface area contributed by atoms with Crippen LogP contribution in [-0.2, 0) is 11.2 Å². The lowest BCUT2D eigenvalue weighted by Gasteiger charge is -2.39. The van der Waals surface area contributed by atoms with Gasteiger partial charge >= 0.3 is 12.2 Å². The molecular formula is C20H22FIN2O4. The smallest absolute Gasteiger partial charge is 0.407 e. The van der Waals surface area contributed by atoms with Gasteiger partial charge in [-0.05, 0) is 59.9 Å². The Morgan fingerprint density at radius 1 is 1.36 bits per heavy atom. The van der Waals surface area contributed by atoms with Crippen LogP contribution in [0.5, 0.6) is 0 Å². The molecule has 0 radical (unpaired) electrons. The average molecular weight is 500 g/mol. The largest absolute Gasteiger partial charge is 0.465 e. The summed E-state index contributed by atoms with van der Waals surface area (Å²) >= 11 is 2.17. The first kappa shape index (κ1) is 20.6. The Labute approximate surface area is 176 Å². The van der Waals surface area contributed by atoms with Crippen molar-refractivity contribution in [3.05, 3.63) is 45.3 Å². The number of alkyl carbamates (subject to hydrolysis) is 1. The van der Waals surface area contributed by atoms with Crippen LogP contribution < -0.4 is 5.32 Å². The SMILES string of the molecule is CC1(NC(=O)OCCc2c(F)ccc3cccc(I)c23)CCCN(C(=O)O)C1. The van der Waals surface area contributed by atoms with Gasteiger partial charge in [0, 0.05) is 34.0 Å². The minimum absolute atomic E-state index is 0.0333. The molecule has 28 heavy (non-hydrogen) atoms. The number of halogens is 2. The highest BCUT2D eigenvalue weighted by atomic mass is 127. The summed E-state index contributed by atoms with van der Waals surface area (Å²) in [7, 11) is 0. The summed E-state index contributed by atoms with van der Waals surface area (Å²) in [6.07, 6.45) is -0.0218. The van der Waals surface area contributed by atoms with Crippen LogP contribution in [-0.4, -0.2) is 47.4 Å². The van der Waals surface area contributed by atoms with Crippen LogP contribution in [0.1, 0.15) is 25.3 Å². The molecule has 0 bridgehead atoms. The molecule has 2 N–H and O–H groups in total. The number of rotatable bonds is 4. The molecule has 8 heteroatoms. The molecule has 1 aliphatic rings. The van der Waals surface area contributed by atoms with E-state index in [2.05, 4.69) is 27.9 Å². The number of amides is 2. The van der Waals surface area contributed by atoms with Gasteiger partial charge in [-0.1, -0.05) is 18.2 Å². The summed E-state index contributed by atoms with van der Waals surface area (Å²) in [6.45, 7) is 2.51. The minimum atomic E-state index is -0.998. The third-order valence-corrected chi connectivity index (χ3v) is 5.90. The zero-order valence-electron chi connectivity index (χ0n) is 15.5. The van der Waals surface area contributed by atoms with E-state index in [4.69, 9.17) is 9.84 Å². The molecule has 0 aromatic heterocycles. The number of nitrogens with zero attached hydrogens (tertiary/aromatic N) is 1. The number of carbonyl (C=O) groups is 2. The molecule has 3 rings (SSSR count). The molecule has 0 aliphatic carbocycles. The Hall–Kier alpha value is -2.10. The predicted molar refractivity (Wildman–Crippen MR) is 112 cm³/mol. The molecule has 1 fully saturated rings. The maximum Gasteiger partial charge on any atom is 0.407 e. The first-order valence-corrected chi connectivity index (χ1v) is 10.2. The van der Waals surface area contributed by atoms with Gasteiger partial charge in [-0.3, -0.25) is 0 Å². The van der Waals surface area contributed by atoms with Gasteiger partial charge in [-0.2, -0.15) is 0 Å². The molecule has 0 saturated carbocycles. The van der Waals surface area contributed by atoms with Crippen LogP contribution in [0, 0.1) is 9.39 Å². The summed E-state index contributed by atoms with van der Waals surface area (Å²) in [5.41, 5.74) is -0.149. The van der Waals surface area contributed by atoms with Crippen molar-refractivity contribution in [3.8, 4) is 0 Å². The number of nitrogens with one attached hydrogen (secondary N) is 1. The van der Waals surface area contributed by atoms with E-state index in [1.807, 2.05) is 18.2 Å². The molecule has 1 unspecified atom stereocenters. The number of fused-ring (bicyclic) bond motifs is 1. The molecule has 1 atom stereocenters. The molecule has 2 amide bonds. The zero-order chi connectivity index (χ0) is 20.3. The fourth-order valence-electron chi connectivity index (χ4n) is 3.66. The standard InChI is InChI=1S/C20H22FIN2O4/c1-20(9-3-10-24(12-20)19(26)27)23-18(25)28-11-8-14-15(21)7-6-13-4-2-5-16(22)17(13)14/h2,4-7H,3,8-12H2,1H3,(H,23,25)(H,26,27). The lowest BCUT2D eigenvalue weighted by Crippen LogP contribution is -2.57. The van der Waals surface area contributed by atoms with Crippen LogP contribution in [0.15, 0.2) is 30.3 Å². The van der Waals surface area contributed by atoms with Gasteiger partial charge in [-0.25, -0.2) is 14.0 Å². The van der Waals surface area contributed by atoms with Crippen molar-refractivity contribution in [2.24, 2.45) is 0 Å². The van der Waals surface area contributed by atoms with E-state index in [0.29, 0.717) is 24.9 Å². The molecule has 1 heterocycles. The summed E-state index contributed by atoms with van der Waals surface area (Å²) < 4.78 is 20.6. The number of carboxylic acid groups (broad SMARTS) is 1. The quantitative estimate of drug-likeness (QED) is 0.611. The van der Waals surface area contributed by atoms with Gasteiger partial charge in [0.05, 0.1) is 12.1 Å². The molecule has 2 aromatic carbocycles. The number of ether oxygens (including phenoxy) is 1. The number of hydrogen-bond donors (Lipinski definition) is 2. The van der Waals surface area contributed by atoms with Crippen molar-refractivity contribution in [2.75, 3.05) is 19.7 Å². The monoisotopic (exact) mass is 500 g/mol. The highest BCUT2D eigenvalue weighted by molar-refractivity contribution is 14.1. The highest BCUT2D eigenvalue weighted by Crippen LogP contribution is 2.27.